The number of carbonyl (C=O) groups is 2. The zero-order chi connectivity index (χ0) is 16.5. The summed E-state index contributed by atoms with van der Waals surface area (Å²) in [5.41, 5.74) is 0.425. The maximum Gasteiger partial charge on any atom is 0.323 e. The van der Waals surface area contributed by atoms with Crippen molar-refractivity contribution < 1.29 is 24.2 Å². The third-order valence-electron chi connectivity index (χ3n) is 2.86. The monoisotopic (exact) mass is 309 g/mol. The van der Waals surface area contributed by atoms with E-state index in [4.69, 9.17) is 14.6 Å². The van der Waals surface area contributed by atoms with Crippen LogP contribution in [0.4, 0.5) is 0 Å². The van der Waals surface area contributed by atoms with Gasteiger partial charge in [-0.3, -0.25) is 9.59 Å². The summed E-state index contributed by atoms with van der Waals surface area (Å²) in [6.07, 6.45) is 0. The van der Waals surface area contributed by atoms with Gasteiger partial charge in [-0.05, 0) is 30.2 Å². The molecule has 22 heavy (non-hydrogen) atoms. The molecule has 0 bridgehead atoms. The molecule has 0 aromatic heterocycles. The number of carboxylic acids is 1. The minimum Gasteiger partial charge on any atom is -0.493 e. The highest BCUT2D eigenvalue weighted by molar-refractivity contribution is 5.95. The molecule has 1 amide bonds. The van der Waals surface area contributed by atoms with E-state index in [9.17, 15) is 9.59 Å². The highest BCUT2D eigenvalue weighted by atomic mass is 16.5. The summed E-state index contributed by atoms with van der Waals surface area (Å²) >= 11 is 0. The lowest BCUT2D eigenvalue weighted by molar-refractivity contribution is -0.137. The molecule has 0 atom stereocenters. The Bertz CT molecular complexity index is 484. The van der Waals surface area contributed by atoms with Gasteiger partial charge in [-0.1, -0.05) is 13.8 Å². The molecule has 0 aliphatic carbocycles. The number of aliphatic carboxylic acids is 1. The van der Waals surface area contributed by atoms with E-state index >= 15 is 0 Å². The first-order valence-corrected chi connectivity index (χ1v) is 7.17. The number of ether oxygens (including phenoxy) is 2. The van der Waals surface area contributed by atoms with Gasteiger partial charge in [-0.2, -0.15) is 0 Å². The molecule has 1 N–H and O–H groups in total. The molecule has 1 aromatic carbocycles. The van der Waals surface area contributed by atoms with E-state index < -0.39 is 5.97 Å². The van der Waals surface area contributed by atoms with Crippen molar-refractivity contribution in [3.05, 3.63) is 29.8 Å². The van der Waals surface area contributed by atoms with Crippen molar-refractivity contribution in [1.82, 2.24) is 4.90 Å². The van der Waals surface area contributed by atoms with Crippen molar-refractivity contribution in [2.45, 2.75) is 13.8 Å². The Kier molecular flexibility index (Phi) is 7.39. The molecule has 0 saturated carbocycles. The van der Waals surface area contributed by atoms with Crippen LogP contribution in [0.1, 0.15) is 24.2 Å². The molecule has 1 aromatic rings. The Balaban J connectivity index is 2.74. The minimum atomic E-state index is -1.05. The molecule has 0 aliphatic heterocycles. The highest BCUT2D eigenvalue weighted by Gasteiger charge is 2.18. The first-order chi connectivity index (χ1) is 10.4. The normalized spacial score (nSPS) is 10.5. The SMILES string of the molecule is COCCN(CC(=O)O)C(=O)c1ccc(OCC(C)C)cc1. The van der Waals surface area contributed by atoms with Crippen molar-refractivity contribution in [2.75, 3.05) is 33.4 Å². The second kappa shape index (κ2) is 9.04. The molecule has 1 rings (SSSR count). The molecular formula is C16H23NO5. The molecule has 0 aliphatic rings. The fourth-order valence-corrected chi connectivity index (χ4v) is 1.76. The number of nitrogens with zero attached hydrogens (tertiary/aromatic N) is 1. The van der Waals surface area contributed by atoms with Crippen LogP contribution < -0.4 is 4.74 Å². The molecule has 0 unspecified atom stereocenters. The van der Waals surface area contributed by atoms with Crippen LogP contribution in [0.25, 0.3) is 0 Å². The van der Waals surface area contributed by atoms with Gasteiger partial charge in [0.2, 0.25) is 0 Å². The zero-order valence-corrected chi connectivity index (χ0v) is 13.2. The average molecular weight is 309 g/mol. The Morgan fingerprint density at radius 3 is 2.36 bits per heavy atom. The van der Waals surface area contributed by atoms with Gasteiger partial charge in [-0.15, -0.1) is 0 Å². The van der Waals surface area contributed by atoms with Crippen LogP contribution >= 0.6 is 0 Å². The predicted molar refractivity (Wildman–Crippen MR) is 82.2 cm³/mol. The quantitative estimate of drug-likeness (QED) is 0.754. The molecule has 6 nitrogen and oxygen atoms in total. The number of carbonyl (C=O) groups excluding carboxylic acids is 1. The number of methoxy groups -OCH3 is 1. The molecule has 6 heteroatoms. The van der Waals surface area contributed by atoms with Gasteiger partial charge in [0, 0.05) is 19.2 Å². The molecule has 122 valence electrons. The maximum atomic E-state index is 12.3. The molecule has 0 fully saturated rings. The summed E-state index contributed by atoms with van der Waals surface area (Å²) in [5, 5.41) is 8.89. The number of amides is 1. The van der Waals surface area contributed by atoms with E-state index in [1.54, 1.807) is 24.3 Å². The summed E-state index contributed by atoms with van der Waals surface area (Å²) in [6, 6.07) is 6.70. The van der Waals surface area contributed by atoms with Crippen LogP contribution in [-0.4, -0.2) is 55.3 Å². The van der Waals surface area contributed by atoms with Gasteiger partial charge < -0.3 is 19.5 Å². The van der Waals surface area contributed by atoms with Gasteiger partial charge in [0.15, 0.2) is 0 Å². The summed E-state index contributed by atoms with van der Waals surface area (Å²) in [4.78, 5) is 24.4. The second-order valence-corrected chi connectivity index (χ2v) is 5.34. The lowest BCUT2D eigenvalue weighted by atomic mass is 10.2. The van der Waals surface area contributed by atoms with E-state index in [1.807, 2.05) is 0 Å². The van der Waals surface area contributed by atoms with Crippen molar-refractivity contribution >= 4 is 11.9 Å². The lowest BCUT2D eigenvalue weighted by Gasteiger charge is -2.20. The number of hydrogen-bond acceptors (Lipinski definition) is 4. The topological polar surface area (TPSA) is 76.1 Å². The summed E-state index contributed by atoms with van der Waals surface area (Å²) in [6.45, 7) is 4.87. The van der Waals surface area contributed by atoms with Crippen LogP contribution in [0.15, 0.2) is 24.3 Å². The van der Waals surface area contributed by atoms with Gasteiger partial charge in [-0.25, -0.2) is 0 Å². The molecule has 0 radical (unpaired) electrons. The Morgan fingerprint density at radius 2 is 1.86 bits per heavy atom. The zero-order valence-electron chi connectivity index (χ0n) is 13.2. The second-order valence-electron chi connectivity index (χ2n) is 5.34. The molecular weight excluding hydrogens is 286 g/mol. The Morgan fingerprint density at radius 1 is 1.23 bits per heavy atom. The summed E-state index contributed by atoms with van der Waals surface area (Å²) in [5.74, 6) is -0.287. The van der Waals surface area contributed by atoms with Crippen LogP contribution in [0.2, 0.25) is 0 Å². The first-order valence-electron chi connectivity index (χ1n) is 7.17. The van der Waals surface area contributed by atoms with Gasteiger partial charge in [0.25, 0.3) is 5.91 Å². The maximum absolute atomic E-state index is 12.3. The van der Waals surface area contributed by atoms with E-state index in [-0.39, 0.29) is 25.6 Å². The van der Waals surface area contributed by atoms with E-state index in [1.165, 1.54) is 12.0 Å². The fraction of sp³-hybridized carbons (Fsp3) is 0.500. The van der Waals surface area contributed by atoms with Gasteiger partial charge in [0.1, 0.15) is 12.3 Å². The number of benzene rings is 1. The average Bonchev–Trinajstić information content (AvgIpc) is 2.48. The largest absolute Gasteiger partial charge is 0.493 e. The third kappa shape index (κ3) is 6.13. The molecule has 0 heterocycles. The standard InChI is InChI=1S/C16H23NO5/c1-12(2)11-22-14-6-4-13(5-7-14)16(20)17(8-9-21-3)10-15(18)19/h4-7,12H,8-11H2,1-3H3,(H,18,19). The number of hydrogen-bond donors (Lipinski definition) is 1. The van der Waals surface area contributed by atoms with E-state index in [2.05, 4.69) is 13.8 Å². The van der Waals surface area contributed by atoms with E-state index in [0.717, 1.165) is 0 Å². The molecule has 0 spiro atoms. The van der Waals surface area contributed by atoms with Gasteiger partial charge >= 0.3 is 5.97 Å². The predicted octanol–water partition coefficient (Wildman–Crippen LogP) is 1.89. The van der Waals surface area contributed by atoms with E-state index in [0.29, 0.717) is 23.8 Å². The summed E-state index contributed by atoms with van der Waals surface area (Å²) in [7, 11) is 1.50. The number of rotatable bonds is 9. The fourth-order valence-electron chi connectivity index (χ4n) is 1.76. The lowest BCUT2D eigenvalue weighted by Crippen LogP contribution is -2.37. The van der Waals surface area contributed by atoms with Crippen LogP contribution in [-0.2, 0) is 9.53 Å². The Labute approximate surface area is 130 Å². The smallest absolute Gasteiger partial charge is 0.323 e. The summed E-state index contributed by atoms with van der Waals surface area (Å²) < 4.78 is 10.5. The van der Waals surface area contributed by atoms with Crippen LogP contribution in [0, 0.1) is 5.92 Å². The van der Waals surface area contributed by atoms with Crippen molar-refractivity contribution in [1.29, 1.82) is 0 Å². The van der Waals surface area contributed by atoms with Crippen molar-refractivity contribution in [3.8, 4) is 5.75 Å². The van der Waals surface area contributed by atoms with Crippen molar-refractivity contribution in [2.24, 2.45) is 5.92 Å². The van der Waals surface area contributed by atoms with Crippen molar-refractivity contribution in [3.63, 3.8) is 0 Å². The molecule has 0 saturated heterocycles. The minimum absolute atomic E-state index is 0.229. The first kappa shape index (κ1) is 18.0. The third-order valence-corrected chi connectivity index (χ3v) is 2.86. The van der Waals surface area contributed by atoms with Gasteiger partial charge in [0.05, 0.1) is 13.2 Å². The van der Waals surface area contributed by atoms with Crippen LogP contribution in [0.5, 0.6) is 5.75 Å². The Hall–Kier alpha value is -2.08. The van der Waals surface area contributed by atoms with Crippen LogP contribution in [0.3, 0.4) is 0 Å². The highest BCUT2D eigenvalue weighted by Crippen LogP contribution is 2.14. The number of carboxylic acid groups (broad SMARTS) is 1.